The normalized spacial score (nSPS) is 10.0. The van der Waals surface area contributed by atoms with E-state index in [1.165, 1.54) is 0 Å². The van der Waals surface area contributed by atoms with Crippen molar-refractivity contribution in [3.05, 3.63) is 11.9 Å². The standard InChI is InChI=1S/C9H16N6O2/c1-17-5-9-13-7(4-8(14-9)15-11)12-3-2-6(10)16/h4H,2-3,5,11H2,1H3,(H2,10,16)(H2,12,13,14,15). The van der Waals surface area contributed by atoms with Crippen LogP contribution in [0.1, 0.15) is 12.2 Å². The largest absolute Gasteiger partial charge is 0.377 e. The topological polar surface area (TPSA) is 128 Å². The number of nitrogens with two attached hydrogens (primary N) is 2. The fraction of sp³-hybridized carbons (Fsp3) is 0.444. The third-order valence-electron chi connectivity index (χ3n) is 1.87. The number of nitrogens with one attached hydrogen (secondary N) is 2. The zero-order chi connectivity index (χ0) is 12.7. The summed E-state index contributed by atoms with van der Waals surface area (Å²) in [7, 11) is 1.55. The summed E-state index contributed by atoms with van der Waals surface area (Å²) in [6, 6.07) is 1.63. The maximum atomic E-state index is 10.6. The lowest BCUT2D eigenvalue weighted by molar-refractivity contribution is -0.117. The van der Waals surface area contributed by atoms with Crippen molar-refractivity contribution in [2.45, 2.75) is 13.0 Å². The van der Waals surface area contributed by atoms with Gasteiger partial charge >= 0.3 is 0 Å². The fourth-order valence-electron chi connectivity index (χ4n) is 1.17. The molecule has 6 N–H and O–H groups in total. The molecule has 8 heteroatoms. The molecule has 0 atom stereocenters. The number of nitrogens with zero attached hydrogens (tertiary/aromatic N) is 2. The van der Waals surface area contributed by atoms with Crippen molar-refractivity contribution in [3.63, 3.8) is 0 Å². The molecular formula is C9H16N6O2. The van der Waals surface area contributed by atoms with E-state index in [9.17, 15) is 4.79 Å². The summed E-state index contributed by atoms with van der Waals surface area (Å²) in [6.45, 7) is 0.683. The Labute approximate surface area is 98.7 Å². The van der Waals surface area contributed by atoms with E-state index in [1.807, 2.05) is 0 Å². The van der Waals surface area contributed by atoms with Crippen molar-refractivity contribution >= 4 is 17.5 Å². The van der Waals surface area contributed by atoms with Gasteiger partial charge in [-0.3, -0.25) is 4.79 Å². The summed E-state index contributed by atoms with van der Waals surface area (Å²) in [5, 5.41) is 2.95. The molecule has 0 aliphatic carbocycles. The minimum Gasteiger partial charge on any atom is -0.377 e. The van der Waals surface area contributed by atoms with Crippen LogP contribution in [-0.2, 0) is 16.1 Å². The molecule has 94 valence electrons. The Kier molecular flexibility index (Phi) is 5.11. The lowest BCUT2D eigenvalue weighted by atomic mass is 10.4. The average Bonchev–Trinajstić information content (AvgIpc) is 2.28. The number of carbonyl (C=O) groups is 1. The Hall–Kier alpha value is -1.93. The minimum atomic E-state index is -0.374. The molecule has 0 fully saturated rings. The highest BCUT2D eigenvalue weighted by Crippen LogP contribution is 2.10. The highest BCUT2D eigenvalue weighted by Gasteiger charge is 2.04. The van der Waals surface area contributed by atoms with Gasteiger partial charge in [0.25, 0.3) is 0 Å². The van der Waals surface area contributed by atoms with Crippen LogP contribution in [0.4, 0.5) is 11.6 Å². The molecule has 1 rings (SSSR count). The van der Waals surface area contributed by atoms with Crippen LogP contribution in [0.25, 0.3) is 0 Å². The van der Waals surface area contributed by atoms with E-state index in [2.05, 4.69) is 20.7 Å². The molecule has 0 aliphatic rings. The van der Waals surface area contributed by atoms with E-state index in [-0.39, 0.29) is 18.9 Å². The van der Waals surface area contributed by atoms with Crippen LogP contribution in [0.2, 0.25) is 0 Å². The lowest BCUT2D eigenvalue weighted by Gasteiger charge is -2.08. The molecule has 0 spiro atoms. The molecule has 1 aromatic rings. The summed E-state index contributed by atoms with van der Waals surface area (Å²) in [5.41, 5.74) is 7.45. The molecule has 8 nitrogen and oxygen atoms in total. The highest BCUT2D eigenvalue weighted by molar-refractivity contribution is 5.74. The monoisotopic (exact) mass is 240 g/mol. The van der Waals surface area contributed by atoms with Gasteiger partial charge in [0, 0.05) is 26.1 Å². The first-order chi connectivity index (χ1) is 8.15. The number of nitrogen functional groups attached to an aromatic ring is 1. The van der Waals surface area contributed by atoms with Gasteiger partial charge in [-0.25, -0.2) is 15.8 Å². The second-order valence-electron chi connectivity index (χ2n) is 3.28. The number of aromatic nitrogens is 2. The molecule has 0 aliphatic heterocycles. The van der Waals surface area contributed by atoms with Gasteiger partial charge in [-0.05, 0) is 0 Å². The van der Waals surface area contributed by atoms with Gasteiger partial charge in [-0.1, -0.05) is 0 Å². The van der Waals surface area contributed by atoms with Crippen molar-refractivity contribution in [2.24, 2.45) is 11.6 Å². The smallest absolute Gasteiger partial charge is 0.219 e. The molecule has 0 saturated carbocycles. The van der Waals surface area contributed by atoms with Gasteiger partial charge in [-0.15, -0.1) is 0 Å². The Balaban J connectivity index is 2.69. The zero-order valence-electron chi connectivity index (χ0n) is 9.56. The van der Waals surface area contributed by atoms with Gasteiger partial charge < -0.3 is 21.2 Å². The zero-order valence-corrected chi connectivity index (χ0v) is 9.56. The Morgan fingerprint density at radius 1 is 1.47 bits per heavy atom. The summed E-state index contributed by atoms with van der Waals surface area (Å²) in [4.78, 5) is 18.8. The summed E-state index contributed by atoms with van der Waals surface area (Å²) < 4.78 is 4.93. The Morgan fingerprint density at radius 3 is 2.76 bits per heavy atom. The lowest BCUT2D eigenvalue weighted by Crippen LogP contribution is -2.17. The molecule has 0 radical (unpaired) electrons. The van der Waals surface area contributed by atoms with Gasteiger partial charge in [0.2, 0.25) is 5.91 Å². The van der Waals surface area contributed by atoms with E-state index >= 15 is 0 Å². The number of hydrogen-bond acceptors (Lipinski definition) is 7. The Morgan fingerprint density at radius 2 is 2.18 bits per heavy atom. The summed E-state index contributed by atoms with van der Waals surface area (Å²) in [6.07, 6.45) is 0.231. The number of ether oxygens (including phenoxy) is 1. The van der Waals surface area contributed by atoms with Gasteiger partial charge in [0.1, 0.15) is 18.2 Å². The van der Waals surface area contributed by atoms with Crippen LogP contribution in [-0.4, -0.2) is 29.5 Å². The molecule has 0 bridgehead atoms. The highest BCUT2D eigenvalue weighted by atomic mass is 16.5. The third kappa shape index (κ3) is 4.62. The minimum absolute atomic E-state index is 0.231. The number of amides is 1. The van der Waals surface area contributed by atoms with Crippen LogP contribution in [0.15, 0.2) is 6.07 Å². The average molecular weight is 240 g/mol. The van der Waals surface area contributed by atoms with Crippen LogP contribution >= 0.6 is 0 Å². The number of primary amides is 1. The molecule has 1 amide bonds. The maximum Gasteiger partial charge on any atom is 0.219 e. The molecule has 0 unspecified atom stereocenters. The number of hydrazine groups is 1. The summed E-state index contributed by atoms with van der Waals surface area (Å²) in [5.74, 6) is 6.42. The molecule has 0 aromatic carbocycles. The molecule has 0 saturated heterocycles. The van der Waals surface area contributed by atoms with E-state index in [0.29, 0.717) is 24.0 Å². The molecule has 1 heterocycles. The van der Waals surface area contributed by atoms with Crippen molar-refractivity contribution in [1.82, 2.24) is 9.97 Å². The van der Waals surface area contributed by atoms with Crippen molar-refractivity contribution < 1.29 is 9.53 Å². The first-order valence-electron chi connectivity index (χ1n) is 5.01. The van der Waals surface area contributed by atoms with Crippen molar-refractivity contribution in [2.75, 3.05) is 24.4 Å². The quantitative estimate of drug-likeness (QED) is 0.362. The molecule has 17 heavy (non-hydrogen) atoms. The van der Waals surface area contributed by atoms with Crippen LogP contribution in [0.5, 0.6) is 0 Å². The van der Waals surface area contributed by atoms with E-state index in [0.717, 1.165) is 0 Å². The van der Waals surface area contributed by atoms with Gasteiger partial charge in [-0.2, -0.15) is 0 Å². The Bertz CT molecular complexity index is 384. The maximum absolute atomic E-state index is 10.6. The molecule has 1 aromatic heterocycles. The predicted octanol–water partition coefficient (Wildman–Crippen LogP) is -0.804. The van der Waals surface area contributed by atoms with Crippen molar-refractivity contribution in [3.8, 4) is 0 Å². The number of carbonyl (C=O) groups excluding carboxylic acids is 1. The van der Waals surface area contributed by atoms with Gasteiger partial charge in [0.15, 0.2) is 5.82 Å². The first-order valence-corrected chi connectivity index (χ1v) is 5.01. The third-order valence-corrected chi connectivity index (χ3v) is 1.87. The van der Waals surface area contributed by atoms with Crippen LogP contribution in [0.3, 0.4) is 0 Å². The van der Waals surface area contributed by atoms with Crippen LogP contribution in [0, 0.1) is 0 Å². The molecular weight excluding hydrogens is 224 g/mol. The van der Waals surface area contributed by atoms with E-state index in [4.69, 9.17) is 16.3 Å². The van der Waals surface area contributed by atoms with Gasteiger partial charge in [0.05, 0.1) is 0 Å². The second-order valence-corrected chi connectivity index (χ2v) is 3.28. The van der Waals surface area contributed by atoms with E-state index < -0.39 is 0 Å². The van der Waals surface area contributed by atoms with Crippen LogP contribution < -0.4 is 22.3 Å². The predicted molar refractivity (Wildman–Crippen MR) is 62.9 cm³/mol. The second kappa shape index (κ2) is 6.61. The number of rotatable bonds is 7. The SMILES string of the molecule is COCc1nc(NN)cc(NCCC(N)=O)n1. The number of hydrogen-bond donors (Lipinski definition) is 4. The summed E-state index contributed by atoms with van der Waals surface area (Å²) >= 11 is 0. The van der Waals surface area contributed by atoms with Crippen molar-refractivity contribution in [1.29, 1.82) is 0 Å². The number of methoxy groups -OCH3 is 1. The fourth-order valence-corrected chi connectivity index (χ4v) is 1.17. The first kappa shape index (κ1) is 13.1. The van der Waals surface area contributed by atoms with E-state index in [1.54, 1.807) is 13.2 Å². The number of anilines is 2.